The number of nitrogens with zero attached hydrogens (tertiary/aromatic N) is 1. The summed E-state index contributed by atoms with van der Waals surface area (Å²) in [5.41, 5.74) is 0.662. The van der Waals surface area contributed by atoms with Crippen LogP contribution < -0.4 is 14.8 Å². The minimum atomic E-state index is 0. The number of amides is 1. The summed E-state index contributed by atoms with van der Waals surface area (Å²) in [6.07, 6.45) is 3.15. The molecule has 1 amide bonds. The highest BCUT2D eigenvalue weighted by molar-refractivity contribution is 5.95. The van der Waals surface area contributed by atoms with Crippen molar-refractivity contribution in [3.63, 3.8) is 0 Å². The van der Waals surface area contributed by atoms with Gasteiger partial charge in [-0.15, -0.1) is 12.4 Å². The first-order chi connectivity index (χ1) is 11.2. The van der Waals surface area contributed by atoms with Gasteiger partial charge in [-0.2, -0.15) is 0 Å². The van der Waals surface area contributed by atoms with Crippen LogP contribution in [-0.2, 0) is 0 Å². The molecule has 1 aromatic rings. The number of unbranched alkanes of at least 4 members (excludes halogenated alkanes) is 1. The molecule has 1 saturated heterocycles. The number of benzene rings is 1. The second kappa shape index (κ2) is 10.4. The van der Waals surface area contributed by atoms with Crippen LogP contribution in [0.2, 0.25) is 0 Å². The summed E-state index contributed by atoms with van der Waals surface area (Å²) < 4.78 is 11.1. The van der Waals surface area contributed by atoms with Gasteiger partial charge in [0.2, 0.25) is 0 Å². The van der Waals surface area contributed by atoms with Crippen molar-refractivity contribution in [2.45, 2.75) is 26.2 Å². The summed E-state index contributed by atoms with van der Waals surface area (Å²) in [6, 6.07) is 5.45. The summed E-state index contributed by atoms with van der Waals surface area (Å²) in [7, 11) is 3.56. The van der Waals surface area contributed by atoms with E-state index in [1.165, 1.54) is 0 Å². The average molecular weight is 357 g/mol. The average Bonchev–Trinajstić information content (AvgIpc) is 3.03. The molecule has 24 heavy (non-hydrogen) atoms. The highest BCUT2D eigenvalue weighted by Gasteiger charge is 2.26. The van der Waals surface area contributed by atoms with Crippen molar-refractivity contribution >= 4 is 18.3 Å². The monoisotopic (exact) mass is 356 g/mol. The molecule has 5 nitrogen and oxygen atoms in total. The SMILES string of the molecule is CCCCOc1ccc(C(=O)N2CCC(CNC)C2)cc1OC.Cl. The van der Waals surface area contributed by atoms with Crippen LogP contribution >= 0.6 is 12.4 Å². The summed E-state index contributed by atoms with van der Waals surface area (Å²) in [4.78, 5) is 14.6. The van der Waals surface area contributed by atoms with Crippen LogP contribution in [0, 0.1) is 5.92 Å². The maximum absolute atomic E-state index is 12.6. The lowest BCUT2D eigenvalue weighted by Crippen LogP contribution is -2.30. The summed E-state index contributed by atoms with van der Waals surface area (Å²) in [6.45, 7) is 5.38. The zero-order chi connectivity index (χ0) is 16.7. The first-order valence-corrected chi connectivity index (χ1v) is 8.44. The van der Waals surface area contributed by atoms with Crippen LogP contribution in [0.15, 0.2) is 18.2 Å². The first kappa shape index (κ1) is 20.6. The molecule has 1 aliphatic rings. The second-order valence-corrected chi connectivity index (χ2v) is 6.03. The van der Waals surface area contributed by atoms with Gasteiger partial charge < -0.3 is 19.7 Å². The van der Waals surface area contributed by atoms with Gasteiger partial charge in [-0.1, -0.05) is 13.3 Å². The molecule has 1 N–H and O–H groups in total. The third-order valence-corrected chi connectivity index (χ3v) is 4.23. The molecule has 0 saturated carbocycles. The van der Waals surface area contributed by atoms with E-state index in [2.05, 4.69) is 12.2 Å². The molecule has 1 aliphatic heterocycles. The van der Waals surface area contributed by atoms with Gasteiger partial charge in [0.15, 0.2) is 11.5 Å². The molecule has 136 valence electrons. The number of nitrogens with one attached hydrogen (secondary N) is 1. The third-order valence-electron chi connectivity index (χ3n) is 4.23. The molecular formula is C18H29ClN2O3. The van der Waals surface area contributed by atoms with Gasteiger partial charge in [-0.3, -0.25) is 4.79 Å². The topological polar surface area (TPSA) is 50.8 Å². The number of carbonyl (C=O) groups excluding carboxylic acids is 1. The second-order valence-electron chi connectivity index (χ2n) is 6.03. The molecule has 0 spiro atoms. The lowest BCUT2D eigenvalue weighted by Gasteiger charge is -2.18. The Hall–Kier alpha value is -1.46. The third kappa shape index (κ3) is 5.28. The van der Waals surface area contributed by atoms with Crippen molar-refractivity contribution in [3.05, 3.63) is 23.8 Å². The zero-order valence-electron chi connectivity index (χ0n) is 14.8. The van der Waals surface area contributed by atoms with E-state index in [1.54, 1.807) is 13.2 Å². The molecule has 6 heteroatoms. The molecule has 0 aromatic heterocycles. The van der Waals surface area contributed by atoms with Crippen molar-refractivity contribution in [3.8, 4) is 11.5 Å². The van der Waals surface area contributed by atoms with E-state index >= 15 is 0 Å². The summed E-state index contributed by atoms with van der Waals surface area (Å²) in [5, 5.41) is 3.18. The van der Waals surface area contributed by atoms with Gasteiger partial charge in [-0.05, 0) is 50.6 Å². The predicted molar refractivity (Wildman–Crippen MR) is 98.6 cm³/mol. The van der Waals surface area contributed by atoms with Crippen LogP contribution in [-0.4, -0.2) is 51.2 Å². The van der Waals surface area contributed by atoms with Gasteiger partial charge in [0.25, 0.3) is 5.91 Å². The fourth-order valence-electron chi connectivity index (χ4n) is 2.90. The van der Waals surface area contributed by atoms with E-state index in [1.807, 2.05) is 24.1 Å². The van der Waals surface area contributed by atoms with Crippen LogP contribution in [0.25, 0.3) is 0 Å². The lowest BCUT2D eigenvalue weighted by molar-refractivity contribution is 0.0786. The Labute approximate surface area is 151 Å². The van der Waals surface area contributed by atoms with Crippen LogP contribution in [0.1, 0.15) is 36.5 Å². The zero-order valence-corrected chi connectivity index (χ0v) is 15.7. The van der Waals surface area contributed by atoms with Gasteiger partial charge in [0, 0.05) is 18.7 Å². The largest absolute Gasteiger partial charge is 0.493 e. The Bertz CT molecular complexity index is 525. The maximum atomic E-state index is 12.6. The van der Waals surface area contributed by atoms with E-state index in [-0.39, 0.29) is 18.3 Å². The fourth-order valence-corrected chi connectivity index (χ4v) is 2.90. The highest BCUT2D eigenvalue weighted by atomic mass is 35.5. The van der Waals surface area contributed by atoms with Gasteiger partial charge in [0.05, 0.1) is 13.7 Å². The number of ether oxygens (including phenoxy) is 2. The molecule has 0 aliphatic carbocycles. The van der Waals surface area contributed by atoms with E-state index in [0.29, 0.717) is 29.6 Å². The fraction of sp³-hybridized carbons (Fsp3) is 0.611. The lowest BCUT2D eigenvalue weighted by atomic mass is 10.1. The number of hydrogen-bond donors (Lipinski definition) is 1. The Morgan fingerprint density at radius 3 is 2.83 bits per heavy atom. The molecule has 0 radical (unpaired) electrons. The number of methoxy groups -OCH3 is 1. The minimum Gasteiger partial charge on any atom is -0.493 e. The van der Waals surface area contributed by atoms with Crippen LogP contribution in [0.5, 0.6) is 11.5 Å². The maximum Gasteiger partial charge on any atom is 0.254 e. The molecule has 1 fully saturated rings. The first-order valence-electron chi connectivity index (χ1n) is 8.44. The molecular weight excluding hydrogens is 328 g/mol. The number of likely N-dealkylation sites (tertiary alicyclic amines) is 1. The Balaban J connectivity index is 0.00000288. The van der Waals surface area contributed by atoms with E-state index in [0.717, 1.165) is 38.9 Å². The van der Waals surface area contributed by atoms with Crippen molar-refractivity contribution in [1.82, 2.24) is 10.2 Å². The molecule has 1 atom stereocenters. The number of rotatable bonds is 8. The number of halogens is 1. The summed E-state index contributed by atoms with van der Waals surface area (Å²) >= 11 is 0. The van der Waals surface area contributed by atoms with Gasteiger partial charge >= 0.3 is 0 Å². The van der Waals surface area contributed by atoms with E-state index in [4.69, 9.17) is 9.47 Å². The number of carbonyl (C=O) groups is 1. The van der Waals surface area contributed by atoms with Gasteiger partial charge in [-0.25, -0.2) is 0 Å². The van der Waals surface area contributed by atoms with Crippen LogP contribution in [0.3, 0.4) is 0 Å². The highest BCUT2D eigenvalue weighted by Crippen LogP contribution is 2.29. The van der Waals surface area contributed by atoms with E-state index in [9.17, 15) is 4.79 Å². The molecule has 1 unspecified atom stereocenters. The molecule has 1 aromatic carbocycles. The minimum absolute atomic E-state index is 0. The Morgan fingerprint density at radius 1 is 1.38 bits per heavy atom. The van der Waals surface area contributed by atoms with Crippen molar-refractivity contribution in [2.75, 3.05) is 40.4 Å². The van der Waals surface area contributed by atoms with Gasteiger partial charge in [0.1, 0.15) is 0 Å². The quantitative estimate of drug-likeness (QED) is 0.727. The molecule has 2 rings (SSSR count). The van der Waals surface area contributed by atoms with E-state index < -0.39 is 0 Å². The van der Waals surface area contributed by atoms with Crippen molar-refractivity contribution < 1.29 is 14.3 Å². The standard InChI is InChI=1S/C18H28N2O3.ClH/c1-4-5-10-23-16-7-6-15(11-17(16)22-3)18(21)20-9-8-14(13-20)12-19-2;/h6-7,11,14,19H,4-5,8-10,12-13H2,1-3H3;1H. The molecule has 0 bridgehead atoms. The summed E-state index contributed by atoms with van der Waals surface area (Å²) in [5.74, 6) is 1.94. The Morgan fingerprint density at radius 2 is 2.17 bits per heavy atom. The number of hydrogen-bond acceptors (Lipinski definition) is 4. The molecule has 1 heterocycles. The van der Waals surface area contributed by atoms with Crippen molar-refractivity contribution in [2.24, 2.45) is 5.92 Å². The normalized spacial score (nSPS) is 16.6. The predicted octanol–water partition coefficient (Wildman–Crippen LogP) is 2.98. The van der Waals surface area contributed by atoms with Crippen LogP contribution in [0.4, 0.5) is 0 Å². The smallest absolute Gasteiger partial charge is 0.254 e. The van der Waals surface area contributed by atoms with Crippen molar-refractivity contribution in [1.29, 1.82) is 0 Å². The Kier molecular flexibility index (Phi) is 8.93.